The summed E-state index contributed by atoms with van der Waals surface area (Å²) in [6.07, 6.45) is -4.76. The van der Waals surface area contributed by atoms with Gasteiger partial charge in [0.25, 0.3) is 0 Å². The summed E-state index contributed by atoms with van der Waals surface area (Å²) >= 11 is 9.08. The fraction of sp³-hybridized carbons (Fsp3) is 0.133. The highest BCUT2D eigenvalue weighted by atomic mass is 79.9. The lowest BCUT2D eigenvalue weighted by Gasteiger charge is -2.26. The maximum absolute atomic E-state index is 13.7. The first-order valence-electron chi connectivity index (χ1n) is 6.44. The van der Waals surface area contributed by atoms with Gasteiger partial charge < -0.3 is 0 Å². The maximum Gasteiger partial charge on any atom is 0.445 e. The Morgan fingerprint density at radius 2 is 1.83 bits per heavy atom. The van der Waals surface area contributed by atoms with E-state index in [0.29, 0.717) is 5.56 Å². The number of hydrogen-bond acceptors (Lipinski definition) is 3. The molecule has 120 valence electrons. The topological polar surface area (TPSA) is 33.6 Å². The van der Waals surface area contributed by atoms with E-state index in [1.54, 1.807) is 24.3 Å². The van der Waals surface area contributed by atoms with Gasteiger partial charge in [-0.1, -0.05) is 51.8 Å². The van der Waals surface area contributed by atoms with Crippen molar-refractivity contribution in [1.82, 2.24) is 5.48 Å². The summed E-state index contributed by atoms with van der Waals surface area (Å²) in [7, 11) is 0. The van der Waals surface area contributed by atoms with Crippen molar-refractivity contribution in [1.29, 1.82) is 0 Å². The van der Waals surface area contributed by atoms with Crippen LogP contribution in [-0.2, 0) is 10.6 Å². The van der Waals surface area contributed by atoms with Gasteiger partial charge in [-0.2, -0.15) is 13.2 Å². The maximum atomic E-state index is 13.7. The van der Waals surface area contributed by atoms with E-state index < -0.39 is 11.9 Å². The minimum absolute atomic E-state index is 0.00481. The molecule has 0 saturated carbocycles. The lowest BCUT2D eigenvalue weighted by Crippen LogP contribution is -2.42. The number of amidine groups is 1. The Labute approximate surface area is 143 Å². The smallest absolute Gasteiger partial charge is 0.245 e. The highest BCUT2D eigenvalue weighted by Crippen LogP contribution is 2.45. The molecule has 0 aromatic heterocycles. The number of aliphatic imine (C=N–C) groups is 1. The molecular formula is C15H9BrClF3N2O. The molecule has 1 aliphatic rings. The highest BCUT2D eigenvalue weighted by molar-refractivity contribution is 9.10. The number of halogens is 5. The molecule has 3 rings (SSSR count). The summed E-state index contributed by atoms with van der Waals surface area (Å²) in [6, 6.07) is 12.0. The van der Waals surface area contributed by atoms with Gasteiger partial charge in [-0.25, -0.2) is 15.3 Å². The van der Waals surface area contributed by atoms with Crippen LogP contribution in [0.4, 0.5) is 13.2 Å². The molecule has 0 aliphatic carbocycles. The number of rotatable bonds is 2. The Bertz CT molecular complexity index is 764. The minimum Gasteiger partial charge on any atom is -0.245 e. The van der Waals surface area contributed by atoms with Crippen molar-refractivity contribution in [3.63, 3.8) is 0 Å². The van der Waals surface area contributed by atoms with Crippen LogP contribution in [0.15, 0.2) is 58.0 Å². The van der Waals surface area contributed by atoms with Crippen LogP contribution in [0.1, 0.15) is 11.1 Å². The fourth-order valence-corrected chi connectivity index (χ4v) is 2.62. The number of hydroxylamine groups is 1. The molecule has 1 heterocycles. The molecule has 2 aromatic rings. The van der Waals surface area contributed by atoms with E-state index >= 15 is 0 Å². The third-order valence-corrected chi connectivity index (χ3v) is 4.05. The average molecular weight is 406 g/mol. The lowest BCUT2D eigenvalue weighted by atomic mass is 10.0. The molecular weight excluding hydrogens is 397 g/mol. The highest BCUT2D eigenvalue weighted by Gasteiger charge is 2.61. The summed E-state index contributed by atoms with van der Waals surface area (Å²) in [4.78, 5) is 8.68. The first-order chi connectivity index (χ1) is 10.8. The number of nitrogens with zero attached hydrogens (tertiary/aromatic N) is 1. The predicted molar refractivity (Wildman–Crippen MR) is 84.1 cm³/mol. The average Bonchev–Trinajstić information content (AvgIpc) is 2.94. The van der Waals surface area contributed by atoms with Crippen LogP contribution in [0, 0.1) is 0 Å². The van der Waals surface area contributed by atoms with Crippen molar-refractivity contribution in [2.75, 3.05) is 0 Å². The van der Waals surface area contributed by atoms with E-state index in [1.807, 2.05) is 0 Å². The number of hydrogen-bond donors (Lipinski definition) is 1. The van der Waals surface area contributed by atoms with Crippen LogP contribution in [0.2, 0.25) is 5.02 Å². The summed E-state index contributed by atoms with van der Waals surface area (Å²) in [5.74, 6) is -0.00481. The monoisotopic (exact) mass is 404 g/mol. The van der Waals surface area contributed by atoms with Gasteiger partial charge in [0, 0.05) is 20.6 Å². The van der Waals surface area contributed by atoms with Crippen LogP contribution in [0.25, 0.3) is 0 Å². The van der Waals surface area contributed by atoms with Gasteiger partial charge in [0.05, 0.1) is 0 Å². The Morgan fingerprint density at radius 3 is 2.43 bits per heavy atom. The third-order valence-electron chi connectivity index (χ3n) is 3.28. The van der Waals surface area contributed by atoms with Crippen LogP contribution >= 0.6 is 27.5 Å². The van der Waals surface area contributed by atoms with Gasteiger partial charge in [0.2, 0.25) is 0 Å². The van der Waals surface area contributed by atoms with Gasteiger partial charge in [-0.3, -0.25) is 0 Å². The van der Waals surface area contributed by atoms with Crippen LogP contribution in [-0.4, -0.2) is 12.0 Å². The molecule has 1 N–H and O–H groups in total. The molecule has 0 spiro atoms. The van der Waals surface area contributed by atoms with Crippen LogP contribution < -0.4 is 5.48 Å². The second kappa shape index (κ2) is 5.81. The predicted octanol–water partition coefficient (Wildman–Crippen LogP) is 4.80. The standard InChI is InChI=1S/C15H9BrClF3N2O/c16-11-6-4-9(5-7-11)13-21-14(23-22-13,15(18,19)20)10-2-1-3-12(17)8-10/h1-8H,(H,21,22). The van der Waals surface area contributed by atoms with Crippen molar-refractivity contribution in [3.05, 3.63) is 69.2 Å². The van der Waals surface area contributed by atoms with E-state index in [1.165, 1.54) is 24.3 Å². The normalized spacial score (nSPS) is 21.0. The summed E-state index contributed by atoms with van der Waals surface area (Å²) < 4.78 is 41.8. The van der Waals surface area contributed by atoms with Gasteiger partial charge in [0.15, 0.2) is 5.84 Å². The third kappa shape index (κ3) is 2.96. The molecule has 2 aromatic carbocycles. The van der Waals surface area contributed by atoms with Gasteiger partial charge in [-0.15, -0.1) is 0 Å². The Balaban J connectivity index is 2.10. The molecule has 1 atom stereocenters. The fourth-order valence-electron chi connectivity index (χ4n) is 2.16. The summed E-state index contributed by atoms with van der Waals surface area (Å²) in [5.41, 5.74) is -0.277. The summed E-state index contributed by atoms with van der Waals surface area (Å²) in [6.45, 7) is 0. The molecule has 23 heavy (non-hydrogen) atoms. The SMILES string of the molecule is FC(F)(F)C1(c2cccc(Cl)c2)N=C(c2ccc(Br)cc2)NO1. The number of benzene rings is 2. The van der Waals surface area contributed by atoms with Crippen molar-refractivity contribution >= 4 is 33.4 Å². The zero-order valence-electron chi connectivity index (χ0n) is 11.4. The largest absolute Gasteiger partial charge is 0.445 e. The number of nitrogens with one attached hydrogen (secondary N) is 1. The van der Waals surface area contributed by atoms with Crippen molar-refractivity contribution in [2.45, 2.75) is 11.9 Å². The molecule has 8 heteroatoms. The Kier molecular flexibility index (Phi) is 4.12. The number of alkyl halides is 3. The molecule has 0 saturated heterocycles. The first-order valence-corrected chi connectivity index (χ1v) is 7.61. The molecule has 0 radical (unpaired) electrons. The minimum atomic E-state index is -4.76. The lowest BCUT2D eigenvalue weighted by molar-refractivity contribution is -0.285. The molecule has 1 unspecified atom stereocenters. The molecule has 3 nitrogen and oxygen atoms in total. The molecule has 0 fully saturated rings. The quantitative estimate of drug-likeness (QED) is 0.779. The van der Waals surface area contributed by atoms with E-state index in [9.17, 15) is 13.2 Å². The van der Waals surface area contributed by atoms with Gasteiger partial charge >= 0.3 is 11.9 Å². The molecule has 0 amide bonds. The van der Waals surface area contributed by atoms with Crippen molar-refractivity contribution in [2.24, 2.45) is 4.99 Å². The van der Waals surface area contributed by atoms with Crippen molar-refractivity contribution in [3.8, 4) is 0 Å². The first kappa shape index (κ1) is 16.3. The van der Waals surface area contributed by atoms with Crippen LogP contribution in [0.5, 0.6) is 0 Å². The molecule has 1 aliphatic heterocycles. The van der Waals surface area contributed by atoms with E-state index in [2.05, 4.69) is 26.4 Å². The Morgan fingerprint density at radius 1 is 1.13 bits per heavy atom. The van der Waals surface area contributed by atoms with Gasteiger partial charge in [-0.05, 0) is 24.3 Å². The second-order valence-corrected chi connectivity index (χ2v) is 6.18. The van der Waals surface area contributed by atoms with Crippen LogP contribution in [0.3, 0.4) is 0 Å². The van der Waals surface area contributed by atoms with Gasteiger partial charge in [0.1, 0.15) is 0 Å². The zero-order valence-corrected chi connectivity index (χ0v) is 13.7. The molecule has 0 bridgehead atoms. The zero-order chi connectivity index (χ0) is 16.7. The second-order valence-electron chi connectivity index (χ2n) is 4.82. The van der Waals surface area contributed by atoms with E-state index in [-0.39, 0.29) is 16.4 Å². The Hall–Kier alpha value is -1.57. The van der Waals surface area contributed by atoms with E-state index in [4.69, 9.17) is 16.4 Å². The summed E-state index contributed by atoms with van der Waals surface area (Å²) in [5, 5.41) is 0.169. The van der Waals surface area contributed by atoms with E-state index in [0.717, 1.165) is 4.47 Å². The van der Waals surface area contributed by atoms with Crippen molar-refractivity contribution < 1.29 is 18.0 Å².